The molecule has 6 heteroatoms. The van der Waals surface area contributed by atoms with Crippen LogP contribution in [-0.2, 0) is 6.54 Å². The molecule has 1 aromatic heterocycles. The van der Waals surface area contributed by atoms with Gasteiger partial charge in [0.2, 0.25) is 5.78 Å². The highest BCUT2D eigenvalue weighted by atomic mass is 79.9. The third-order valence-electron chi connectivity index (χ3n) is 2.69. The third kappa shape index (κ3) is 2.84. The van der Waals surface area contributed by atoms with E-state index in [0.29, 0.717) is 23.6 Å². The first-order chi connectivity index (χ1) is 9.17. The lowest BCUT2D eigenvalue weighted by Crippen LogP contribution is -2.12. The molecule has 1 aromatic carbocycles. The number of aromatic nitrogens is 3. The molecule has 0 aliphatic rings. The van der Waals surface area contributed by atoms with Gasteiger partial charge in [0.05, 0.1) is 18.9 Å². The number of aryl methyl sites for hydroxylation is 1. The minimum atomic E-state index is -0.136. The van der Waals surface area contributed by atoms with Crippen molar-refractivity contribution in [2.45, 2.75) is 19.9 Å². The van der Waals surface area contributed by atoms with E-state index in [1.165, 1.54) is 6.20 Å². The molecule has 1 heterocycles. The van der Waals surface area contributed by atoms with Crippen molar-refractivity contribution in [1.29, 1.82) is 0 Å². The topological polar surface area (TPSA) is 57.0 Å². The Bertz CT molecular complexity index is 595. The van der Waals surface area contributed by atoms with Crippen molar-refractivity contribution in [2.24, 2.45) is 0 Å². The summed E-state index contributed by atoms with van der Waals surface area (Å²) in [5.41, 5.74) is 0.979. The first-order valence-electron chi connectivity index (χ1n) is 5.94. The highest BCUT2D eigenvalue weighted by molar-refractivity contribution is 9.10. The molecule has 0 saturated carbocycles. The average molecular weight is 324 g/mol. The summed E-state index contributed by atoms with van der Waals surface area (Å²) in [5, 5.41) is 7.72. The summed E-state index contributed by atoms with van der Waals surface area (Å²) < 4.78 is 7.72. The van der Waals surface area contributed by atoms with E-state index in [1.54, 1.807) is 23.9 Å². The van der Waals surface area contributed by atoms with E-state index in [-0.39, 0.29) is 5.78 Å². The largest absolute Gasteiger partial charge is 0.496 e. The predicted molar refractivity (Wildman–Crippen MR) is 74.4 cm³/mol. The number of carbonyl (C=O) groups excluding carboxylic acids is 1. The Morgan fingerprint density at radius 1 is 1.47 bits per heavy atom. The lowest BCUT2D eigenvalue weighted by atomic mass is 10.1. The zero-order valence-electron chi connectivity index (χ0n) is 10.8. The van der Waals surface area contributed by atoms with Gasteiger partial charge in [-0.05, 0) is 24.6 Å². The van der Waals surface area contributed by atoms with Crippen molar-refractivity contribution in [3.63, 3.8) is 0 Å². The van der Waals surface area contributed by atoms with E-state index < -0.39 is 0 Å². The molecular weight excluding hydrogens is 310 g/mol. The summed E-state index contributed by atoms with van der Waals surface area (Å²) in [5.74, 6) is 0.395. The summed E-state index contributed by atoms with van der Waals surface area (Å²) in [6.45, 7) is 2.69. The Kier molecular flexibility index (Phi) is 4.31. The second kappa shape index (κ2) is 5.97. The lowest BCUT2D eigenvalue weighted by Gasteiger charge is -2.08. The Morgan fingerprint density at radius 3 is 2.95 bits per heavy atom. The molecule has 0 radical (unpaired) electrons. The van der Waals surface area contributed by atoms with Gasteiger partial charge in [0, 0.05) is 11.0 Å². The normalized spacial score (nSPS) is 10.5. The first kappa shape index (κ1) is 13.7. The van der Waals surface area contributed by atoms with Crippen molar-refractivity contribution < 1.29 is 9.53 Å². The van der Waals surface area contributed by atoms with Crippen molar-refractivity contribution >= 4 is 21.7 Å². The summed E-state index contributed by atoms with van der Waals surface area (Å²) in [7, 11) is 1.54. The smallest absolute Gasteiger partial charge is 0.216 e. The molecule has 0 bridgehead atoms. The maximum Gasteiger partial charge on any atom is 0.216 e. The van der Waals surface area contributed by atoms with Gasteiger partial charge < -0.3 is 4.74 Å². The van der Waals surface area contributed by atoms with Crippen LogP contribution in [-0.4, -0.2) is 27.9 Å². The fraction of sp³-hybridized carbons (Fsp3) is 0.308. The number of carbonyl (C=O) groups is 1. The van der Waals surface area contributed by atoms with Gasteiger partial charge in [-0.2, -0.15) is 0 Å². The van der Waals surface area contributed by atoms with Crippen molar-refractivity contribution in [1.82, 2.24) is 15.0 Å². The highest BCUT2D eigenvalue weighted by Gasteiger charge is 2.19. The van der Waals surface area contributed by atoms with Crippen LogP contribution in [0, 0.1) is 0 Å². The molecule has 5 nitrogen and oxygen atoms in total. The number of ketones is 1. The van der Waals surface area contributed by atoms with Gasteiger partial charge in [0.15, 0.2) is 0 Å². The monoisotopic (exact) mass is 323 g/mol. The molecule has 0 unspecified atom stereocenters. The zero-order valence-corrected chi connectivity index (χ0v) is 12.3. The van der Waals surface area contributed by atoms with E-state index in [2.05, 4.69) is 26.2 Å². The maximum atomic E-state index is 12.5. The predicted octanol–water partition coefficient (Wildman–Crippen LogP) is 2.69. The van der Waals surface area contributed by atoms with Crippen LogP contribution >= 0.6 is 15.9 Å². The number of methoxy groups -OCH3 is 1. The molecule has 0 saturated heterocycles. The second-order valence-corrected chi connectivity index (χ2v) is 4.93. The van der Waals surface area contributed by atoms with Gasteiger partial charge in [0.25, 0.3) is 0 Å². The fourth-order valence-electron chi connectivity index (χ4n) is 1.80. The number of halogens is 1. The van der Waals surface area contributed by atoms with Crippen LogP contribution in [0.1, 0.15) is 29.4 Å². The highest BCUT2D eigenvalue weighted by Crippen LogP contribution is 2.25. The van der Waals surface area contributed by atoms with Crippen molar-refractivity contribution in [2.75, 3.05) is 7.11 Å². The van der Waals surface area contributed by atoms with Crippen LogP contribution in [0.25, 0.3) is 0 Å². The number of benzene rings is 1. The van der Waals surface area contributed by atoms with Gasteiger partial charge in [0.1, 0.15) is 11.4 Å². The Morgan fingerprint density at radius 2 is 2.26 bits per heavy atom. The summed E-state index contributed by atoms with van der Waals surface area (Å²) in [6, 6.07) is 5.30. The number of hydrogen-bond donors (Lipinski definition) is 0. The van der Waals surface area contributed by atoms with Crippen LogP contribution in [0.15, 0.2) is 28.9 Å². The zero-order chi connectivity index (χ0) is 13.8. The molecule has 100 valence electrons. The Hall–Kier alpha value is -1.69. The van der Waals surface area contributed by atoms with Crippen LogP contribution in [0.3, 0.4) is 0 Å². The lowest BCUT2D eigenvalue weighted by molar-refractivity contribution is 0.102. The van der Waals surface area contributed by atoms with E-state index in [0.717, 1.165) is 10.9 Å². The molecule has 2 aromatic rings. The molecule has 0 amide bonds. The number of rotatable bonds is 5. The Balaban J connectivity index is 2.41. The summed E-state index contributed by atoms with van der Waals surface area (Å²) in [6.07, 6.45) is 2.38. The maximum absolute atomic E-state index is 12.5. The molecule has 0 aliphatic carbocycles. The van der Waals surface area contributed by atoms with Gasteiger partial charge in [-0.1, -0.05) is 28.1 Å². The van der Waals surface area contributed by atoms with E-state index in [4.69, 9.17) is 4.74 Å². The van der Waals surface area contributed by atoms with Gasteiger partial charge >= 0.3 is 0 Å². The van der Waals surface area contributed by atoms with Gasteiger partial charge in [-0.15, -0.1) is 5.10 Å². The molecule has 0 aliphatic heterocycles. The molecular formula is C13H14BrN3O2. The van der Waals surface area contributed by atoms with Gasteiger partial charge in [-0.25, -0.2) is 4.68 Å². The van der Waals surface area contributed by atoms with Crippen molar-refractivity contribution in [3.05, 3.63) is 40.1 Å². The molecule has 0 N–H and O–H groups in total. The third-order valence-corrected chi connectivity index (χ3v) is 3.19. The van der Waals surface area contributed by atoms with E-state index in [1.807, 2.05) is 13.0 Å². The summed E-state index contributed by atoms with van der Waals surface area (Å²) >= 11 is 3.35. The van der Waals surface area contributed by atoms with Crippen molar-refractivity contribution in [3.8, 4) is 5.75 Å². The number of nitrogens with zero attached hydrogens (tertiary/aromatic N) is 3. The van der Waals surface area contributed by atoms with Gasteiger partial charge in [-0.3, -0.25) is 4.79 Å². The SMILES string of the molecule is CCCn1nncc1C(=O)c1ccc(Br)cc1OC. The van der Waals surface area contributed by atoms with Crippen LogP contribution in [0.4, 0.5) is 0 Å². The quantitative estimate of drug-likeness (QED) is 0.794. The Labute approximate surface area is 119 Å². The minimum Gasteiger partial charge on any atom is -0.496 e. The van der Waals surface area contributed by atoms with Crippen LogP contribution < -0.4 is 4.74 Å². The fourth-order valence-corrected chi connectivity index (χ4v) is 2.14. The number of hydrogen-bond acceptors (Lipinski definition) is 4. The average Bonchev–Trinajstić information content (AvgIpc) is 2.86. The first-order valence-corrected chi connectivity index (χ1v) is 6.73. The molecule has 2 rings (SSSR count). The van der Waals surface area contributed by atoms with Crippen LogP contribution in [0.5, 0.6) is 5.75 Å². The van der Waals surface area contributed by atoms with E-state index >= 15 is 0 Å². The molecule has 0 atom stereocenters. The second-order valence-electron chi connectivity index (χ2n) is 4.02. The number of ether oxygens (including phenoxy) is 1. The molecule has 19 heavy (non-hydrogen) atoms. The van der Waals surface area contributed by atoms with E-state index in [9.17, 15) is 4.79 Å². The van der Waals surface area contributed by atoms with Crippen LogP contribution in [0.2, 0.25) is 0 Å². The minimum absolute atomic E-state index is 0.136. The standard InChI is InChI=1S/C13H14BrN3O2/c1-3-6-17-11(8-15-16-17)13(18)10-5-4-9(14)7-12(10)19-2/h4-5,7-8H,3,6H2,1-2H3. The molecule has 0 spiro atoms. The summed E-state index contributed by atoms with van der Waals surface area (Å²) in [4.78, 5) is 12.5. The molecule has 0 fully saturated rings.